The van der Waals surface area contributed by atoms with E-state index < -0.39 is 5.54 Å². The van der Waals surface area contributed by atoms with E-state index in [4.69, 9.17) is 5.73 Å². The SMILES string of the molecule is CCCNC(C)(CN(C)c1ccc(C)cc1)C(N)=O. The number of likely N-dealkylation sites (N-methyl/N-ethyl adjacent to an activating group) is 1. The Kier molecular flexibility index (Phi) is 5.36. The standard InChI is InChI=1S/C15H25N3O/c1-5-10-17-15(3,14(16)19)11-18(4)13-8-6-12(2)7-9-13/h6-9,17H,5,10-11H2,1-4H3,(H2,16,19). The van der Waals surface area contributed by atoms with Crippen LogP contribution in [0, 0.1) is 6.92 Å². The fourth-order valence-corrected chi connectivity index (χ4v) is 1.99. The minimum Gasteiger partial charge on any atom is -0.372 e. The molecule has 0 aliphatic carbocycles. The molecule has 1 amide bonds. The highest BCUT2D eigenvalue weighted by molar-refractivity contribution is 5.85. The van der Waals surface area contributed by atoms with Crippen LogP contribution in [0.4, 0.5) is 5.69 Å². The Morgan fingerprint density at radius 3 is 2.42 bits per heavy atom. The molecule has 3 N–H and O–H groups in total. The first kappa shape index (κ1) is 15.5. The van der Waals surface area contributed by atoms with Crippen LogP contribution >= 0.6 is 0 Å². The van der Waals surface area contributed by atoms with Gasteiger partial charge >= 0.3 is 0 Å². The quantitative estimate of drug-likeness (QED) is 0.787. The summed E-state index contributed by atoms with van der Waals surface area (Å²) in [6, 6.07) is 8.23. The monoisotopic (exact) mass is 263 g/mol. The number of hydrogen-bond donors (Lipinski definition) is 2. The van der Waals surface area contributed by atoms with E-state index in [2.05, 4.69) is 43.4 Å². The molecule has 0 spiro atoms. The minimum absolute atomic E-state index is 0.320. The van der Waals surface area contributed by atoms with Crippen LogP contribution < -0.4 is 16.0 Å². The van der Waals surface area contributed by atoms with Crippen LogP contribution in [0.3, 0.4) is 0 Å². The Morgan fingerprint density at radius 2 is 1.95 bits per heavy atom. The first-order valence-corrected chi connectivity index (χ1v) is 6.72. The van der Waals surface area contributed by atoms with Gasteiger partial charge in [-0.15, -0.1) is 0 Å². The van der Waals surface area contributed by atoms with Gasteiger partial charge in [0, 0.05) is 19.3 Å². The molecule has 1 aromatic rings. The van der Waals surface area contributed by atoms with Gasteiger partial charge in [0.05, 0.1) is 0 Å². The number of carbonyl (C=O) groups is 1. The Hall–Kier alpha value is -1.55. The maximum Gasteiger partial charge on any atom is 0.239 e. The lowest BCUT2D eigenvalue weighted by molar-refractivity contribution is -0.123. The molecule has 0 bridgehead atoms. The van der Waals surface area contributed by atoms with Crippen LogP contribution in [-0.4, -0.2) is 31.6 Å². The molecule has 0 aliphatic rings. The fourth-order valence-electron chi connectivity index (χ4n) is 1.99. The van der Waals surface area contributed by atoms with Gasteiger partial charge in [-0.25, -0.2) is 0 Å². The molecule has 1 rings (SSSR count). The van der Waals surface area contributed by atoms with Crippen molar-refractivity contribution in [1.29, 1.82) is 0 Å². The Morgan fingerprint density at radius 1 is 1.37 bits per heavy atom. The van der Waals surface area contributed by atoms with E-state index in [9.17, 15) is 4.79 Å². The van der Waals surface area contributed by atoms with Gasteiger partial charge in [-0.2, -0.15) is 0 Å². The number of amides is 1. The number of primary amides is 1. The van der Waals surface area contributed by atoms with Crippen molar-refractivity contribution in [3.8, 4) is 0 Å². The molecule has 0 saturated carbocycles. The van der Waals surface area contributed by atoms with Gasteiger partial charge in [0.1, 0.15) is 5.54 Å². The summed E-state index contributed by atoms with van der Waals surface area (Å²) in [6.45, 7) is 7.31. The predicted molar refractivity (Wildman–Crippen MR) is 80.3 cm³/mol. The van der Waals surface area contributed by atoms with Gasteiger partial charge in [-0.05, 0) is 38.9 Å². The summed E-state index contributed by atoms with van der Waals surface area (Å²) in [7, 11) is 1.97. The summed E-state index contributed by atoms with van der Waals surface area (Å²) in [6.07, 6.45) is 0.969. The third-order valence-corrected chi connectivity index (χ3v) is 3.34. The number of nitrogens with two attached hydrogens (primary N) is 1. The number of aryl methyl sites for hydroxylation is 1. The van der Waals surface area contributed by atoms with Gasteiger partial charge in [0.2, 0.25) is 5.91 Å². The lowest BCUT2D eigenvalue weighted by atomic mass is 10.00. The van der Waals surface area contributed by atoms with E-state index in [0.29, 0.717) is 6.54 Å². The van der Waals surface area contributed by atoms with Crippen molar-refractivity contribution in [3.63, 3.8) is 0 Å². The Bertz CT molecular complexity index is 416. The maximum atomic E-state index is 11.7. The molecule has 4 nitrogen and oxygen atoms in total. The van der Waals surface area contributed by atoms with Gasteiger partial charge in [0.15, 0.2) is 0 Å². The predicted octanol–water partition coefficient (Wildman–Crippen LogP) is 1.67. The number of rotatable bonds is 7. The molecule has 0 aliphatic heterocycles. The summed E-state index contributed by atoms with van der Waals surface area (Å²) in [5.41, 5.74) is 7.12. The van der Waals surface area contributed by atoms with Crippen molar-refractivity contribution in [2.45, 2.75) is 32.7 Å². The molecule has 1 atom stereocenters. The van der Waals surface area contributed by atoms with E-state index in [1.807, 2.05) is 18.9 Å². The second kappa shape index (κ2) is 6.57. The highest BCUT2D eigenvalue weighted by Crippen LogP contribution is 2.16. The molecule has 4 heteroatoms. The van der Waals surface area contributed by atoms with Crippen LogP contribution in [-0.2, 0) is 4.79 Å². The Labute approximate surface area is 116 Å². The normalized spacial score (nSPS) is 13.9. The molecular formula is C15H25N3O. The highest BCUT2D eigenvalue weighted by Gasteiger charge is 2.31. The topological polar surface area (TPSA) is 58.4 Å². The van der Waals surface area contributed by atoms with Crippen LogP contribution in [0.2, 0.25) is 0 Å². The summed E-state index contributed by atoms with van der Waals surface area (Å²) in [5, 5.41) is 3.24. The average molecular weight is 263 g/mol. The van der Waals surface area contributed by atoms with Crippen LogP contribution in [0.15, 0.2) is 24.3 Å². The number of nitrogens with one attached hydrogen (secondary N) is 1. The van der Waals surface area contributed by atoms with Crippen molar-refractivity contribution in [2.24, 2.45) is 5.73 Å². The number of hydrogen-bond acceptors (Lipinski definition) is 3. The average Bonchev–Trinajstić information content (AvgIpc) is 2.36. The molecule has 0 aromatic heterocycles. The summed E-state index contributed by atoms with van der Waals surface area (Å²) >= 11 is 0. The maximum absolute atomic E-state index is 11.7. The fraction of sp³-hybridized carbons (Fsp3) is 0.533. The molecule has 0 radical (unpaired) electrons. The number of benzene rings is 1. The van der Waals surface area contributed by atoms with Crippen LogP contribution in [0.25, 0.3) is 0 Å². The minimum atomic E-state index is -0.713. The van der Waals surface area contributed by atoms with E-state index in [-0.39, 0.29) is 5.91 Å². The summed E-state index contributed by atoms with van der Waals surface area (Å²) in [5.74, 6) is -0.320. The largest absolute Gasteiger partial charge is 0.372 e. The second-order valence-electron chi connectivity index (χ2n) is 5.31. The Balaban J connectivity index is 2.78. The first-order valence-electron chi connectivity index (χ1n) is 6.72. The zero-order chi connectivity index (χ0) is 14.5. The van der Waals surface area contributed by atoms with Gasteiger partial charge in [-0.1, -0.05) is 24.6 Å². The van der Waals surface area contributed by atoms with E-state index in [1.165, 1.54) is 5.56 Å². The molecule has 0 fully saturated rings. The molecule has 106 valence electrons. The zero-order valence-electron chi connectivity index (χ0n) is 12.4. The smallest absolute Gasteiger partial charge is 0.239 e. The van der Waals surface area contributed by atoms with Crippen LogP contribution in [0.1, 0.15) is 25.8 Å². The molecular weight excluding hydrogens is 238 g/mol. The van der Waals surface area contributed by atoms with Crippen molar-refractivity contribution in [3.05, 3.63) is 29.8 Å². The van der Waals surface area contributed by atoms with E-state index >= 15 is 0 Å². The van der Waals surface area contributed by atoms with Gasteiger partial charge in [0.25, 0.3) is 0 Å². The highest BCUT2D eigenvalue weighted by atomic mass is 16.1. The zero-order valence-corrected chi connectivity index (χ0v) is 12.4. The molecule has 0 heterocycles. The molecule has 19 heavy (non-hydrogen) atoms. The number of nitrogens with zero attached hydrogens (tertiary/aromatic N) is 1. The number of carbonyl (C=O) groups excluding carboxylic acids is 1. The third kappa shape index (κ3) is 4.24. The summed E-state index contributed by atoms with van der Waals surface area (Å²) < 4.78 is 0. The molecule has 0 saturated heterocycles. The lowest BCUT2D eigenvalue weighted by Crippen LogP contribution is -2.59. The second-order valence-corrected chi connectivity index (χ2v) is 5.31. The number of anilines is 1. The van der Waals surface area contributed by atoms with E-state index in [1.54, 1.807) is 0 Å². The van der Waals surface area contributed by atoms with Crippen molar-refractivity contribution >= 4 is 11.6 Å². The van der Waals surface area contributed by atoms with E-state index in [0.717, 1.165) is 18.7 Å². The van der Waals surface area contributed by atoms with Crippen molar-refractivity contribution in [1.82, 2.24) is 5.32 Å². The summed E-state index contributed by atoms with van der Waals surface area (Å²) in [4.78, 5) is 13.7. The van der Waals surface area contributed by atoms with Crippen LogP contribution in [0.5, 0.6) is 0 Å². The van der Waals surface area contributed by atoms with Gasteiger partial charge < -0.3 is 16.0 Å². The van der Waals surface area contributed by atoms with Crippen molar-refractivity contribution in [2.75, 3.05) is 25.0 Å². The molecule has 1 unspecified atom stereocenters. The lowest BCUT2D eigenvalue weighted by Gasteiger charge is -2.33. The van der Waals surface area contributed by atoms with Crippen molar-refractivity contribution < 1.29 is 4.79 Å². The molecule has 1 aromatic carbocycles. The first-order chi connectivity index (χ1) is 8.89. The van der Waals surface area contributed by atoms with Gasteiger partial charge in [-0.3, -0.25) is 4.79 Å². The third-order valence-electron chi connectivity index (χ3n) is 3.34.